The van der Waals surface area contributed by atoms with E-state index in [0.29, 0.717) is 0 Å². The second-order valence-electron chi connectivity index (χ2n) is 4.62. The molecular weight excluding hydrogens is 276 g/mol. The van der Waals surface area contributed by atoms with E-state index in [0.717, 1.165) is 18.2 Å². The molecule has 0 aromatic heterocycles. The number of carboxylic acid groups (broad SMARTS) is 3. The van der Waals surface area contributed by atoms with Gasteiger partial charge in [-0.25, -0.2) is 4.79 Å². The van der Waals surface area contributed by atoms with Gasteiger partial charge in [-0.05, 0) is 5.56 Å². The first-order valence-corrected chi connectivity index (χ1v) is 6.05. The fraction of sp³-hybridized carbons (Fsp3) is 0.133. The molecule has 6 heteroatoms. The summed E-state index contributed by atoms with van der Waals surface area (Å²) in [5, 5.41) is 27.9. The first-order valence-electron chi connectivity index (χ1n) is 6.05. The molecule has 6 nitrogen and oxygen atoms in total. The molecular formula is C15H12O6. The number of rotatable bonds is 4. The molecule has 0 heterocycles. The average molecular weight is 288 g/mol. The van der Waals surface area contributed by atoms with Gasteiger partial charge in [0.05, 0.1) is 11.5 Å². The van der Waals surface area contributed by atoms with E-state index in [1.807, 2.05) is 0 Å². The lowest BCUT2D eigenvalue weighted by atomic mass is 9.67. The van der Waals surface area contributed by atoms with E-state index < -0.39 is 29.2 Å². The van der Waals surface area contributed by atoms with Crippen molar-refractivity contribution in [2.24, 2.45) is 5.92 Å². The van der Waals surface area contributed by atoms with Crippen LogP contribution in [0.3, 0.4) is 0 Å². The van der Waals surface area contributed by atoms with Crippen LogP contribution < -0.4 is 0 Å². The van der Waals surface area contributed by atoms with Crippen molar-refractivity contribution in [2.45, 2.75) is 5.41 Å². The van der Waals surface area contributed by atoms with Crippen molar-refractivity contribution >= 4 is 17.9 Å². The van der Waals surface area contributed by atoms with Crippen molar-refractivity contribution in [3.8, 4) is 0 Å². The Balaban J connectivity index is 2.67. The number of hydrogen-bond donors (Lipinski definition) is 3. The summed E-state index contributed by atoms with van der Waals surface area (Å²) in [6.45, 7) is 0. The summed E-state index contributed by atoms with van der Waals surface area (Å²) >= 11 is 0. The monoisotopic (exact) mass is 288 g/mol. The molecule has 1 aromatic rings. The van der Waals surface area contributed by atoms with Crippen LogP contribution in [0, 0.1) is 5.92 Å². The van der Waals surface area contributed by atoms with Crippen LogP contribution in [0.2, 0.25) is 0 Å². The van der Waals surface area contributed by atoms with Gasteiger partial charge in [-0.15, -0.1) is 0 Å². The number of benzene rings is 1. The highest BCUT2D eigenvalue weighted by atomic mass is 16.4. The first kappa shape index (κ1) is 14.5. The van der Waals surface area contributed by atoms with Crippen LogP contribution in [0.15, 0.2) is 54.1 Å². The predicted molar refractivity (Wildman–Crippen MR) is 71.7 cm³/mol. The van der Waals surface area contributed by atoms with E-state index in [1.165, 1.54) is 12.1 Å². The molecule has 1 aliphatic rings. The van der Waals surface area contributed by atoms with E-state index >= 15 is 0 Å². The lowest BCUT2D eigenvalue weighted by molar-refractivity contribution is -0.152. The molecule has 2 unspecified atom stereocenters. The maximum atomic E-state index is 11.8. The molecule has 2 rings (SSSR count). The summed E-state index contributed by atoms with van der Waals surface area (Å²) in [6, 6.07) is 7.90. The van der Waals surface area contributed by atoms with Gasteiger partial charge in [-0.1, -0.05) is 48.6 Å². The molecule has 0 spiro atoms. The Morgan fingerprint density at radius 3 is 2.10 bits per heavy atom. The summed E-state index contributed by atoms with van der Waals surface area (Å²) in [5.41, 5.74) is -1.79. The normalized spacial score (nSPS) is 24.2. The fourth-order valence-electron chi connectivity index (χ4n) is 2.42. The topological polar surface area (TPSA) is 112 Å². The molecule has 0 bridgehead atoms. The van der Waals surface area contributed by atoms with Gasteiger partial charge in [0, 0.05) is 0 Å². The van der Waals surface area contributed by atoms with E-state index in [1.54, 1.807) is 18.2 Å². The van der Waals surface area contributed by atoms with E-state index in [9.17, 15) is 24.6 Å². The Kier molecular flexibility index (Phi) is 3.62. The highest BCUT2D eigenvalue weighted by molar-refractivity contribution is 5.97. The number of aliphatic carboxylic acids is 3. The van der Waals surface area contributed by atoms with Crippen LogP contribution in [0.5, 0.6) is 0 Å². The highest BCUT2D eigenvalue weighted by Gasteiger charge is 2.50. The molecule has 1 aromatic carbocycles. The Hall–Kier alpha value is -2.89. The molecule has 0 radical (unpaired) electrons. The van der Waals surface area contributed by atoms with Gasteiger partial charge >= 0.3 is 17.9 Å². The van der Waals surface area contributed by atoms with Crippen LogP contribution in [0.4, 0.5) is 0 Å². The third-order valence-electron chi connectivity index (χ3n) is 3.48. The first-order chi connectivity index (χ1) is 9.89. The third kappa shape index (κ3) is 2.31. The second kappa shape index (κ2) is 5.24. The molecule has 1 aliphatic carbocycles. The Labute approximate surface area is 119 Å². The van der Waals surface area contributed by atoms with Crippen molar-refractivity contribution in [3.05, 3.63) is 59.7 Å². The summed E-state index contributed by atoms with van der Waals surface area (Å²) < 4.78 is 0. The van der Waals surface area contributed by atoms with Crippen molar-refractivity contribution in [1.82, 2.24) is 0 Å². The molecule has 21 heavy (non-hydrogen) atoms. The van der Waals surface area contributed by atoms with Gasteiger partial charge in [-0.3, -0.25) is 9.59 Å². The molecule has 0 aliphatic heterocycles. The van der Waals surface area contributed by atoms with Crippen molar-refractivity contribution in [2.75, 3.05) is 0 Å². The van der Waals surface area contributed by atoms with Crippen molar-refractivity contribution in [1.29, 1.82) is 0 Å². The quantitative estimate of drug-likeness (QED) is 0.769. The van der Waals surface area contributed by atoms with E-state index in [-0.39, 0.29) is 11.1 Å². The zero-order valence-electron chi connectivity index (χ0n) is 10.8. The number of carbonyl (C=O) groups is 3. The molecule has 3 N–H and O–H groups in total. The average Bonchev–Trinajstić information content (AvgIpc) is 2.46. The number of carboxylic acids is 3. The highest BCUT2D eigenvalue weighted by Crippen LogP contribution is 2.39. The lowest BCUT2D eigenvalue weighted by Gasteiger charge is -2.33. The minimum Gasteiger partial charge on any atom is -0.481 e. The smallest absolute Gasteiger partial charge is 0.335 e. The maximum absolute atomic E-state index is 11.8. The Bertz CT molecular complexity index is 658. The van der Waals surface area contributed by atoms with Crippen LogP contribution in [0.25, 0.3) is 0 Å². The standard InChI is InChI=1S/C15H12O6/c16-12(17)9-6-7-15(14(20)21,11(8-9)13(18)19)10-4-2-1-3-5-10/h1-8,11H,(H,16,17)(H,18,19)(H,20,21). The third-order valence-corrected chi connectivity index (χ3v) is 3.48. The minimum absolute atomic E-state index is 0.241. The fourth-order valence-corrected chi connectivity index (χ4v) is 2.42. The van der Waals surface area contributed by atoms with Gasteiger partial charge in [0.15, 0.2) is 0 Å². The van der Waals surface area contributed by atoms with Gasteiger partial charge < -0.3 is 15.3 Å². The molecule has 0 fully saturated rings. The van der Waals surface area contributed by atoms with Crippen LogP contribution in [-0.4, -0.2) is 33.2 Å². The molecule has 0 saturated heterocycles. The van der Waals surface area contributed by atoms with E-state index in [4.69, 9.17) is 5.11 Å². The minimum atomic E-state index is -1.83. The second-order valence-corrected chi connectivity index (χ2v) is 4.62. The summed E-state index contributed by atoms with van der Waals surface area (Å²) in [5.74, 6) is -5.56. The predicted octanol–water partition coefficient (Wildman–Crippen LogP) is 1.29. The van der Waals surface area contributed by atoms with Crippen molar-refractivity contribution in [3.63, 3.8) is 0 Å². The summed E-state index contributed by atoms with van der Waals surface area (Å²) in [7, 11) is 0. The zero-order valence-corrected chi connectivity index (χ0v) is 10.8. The zero-order chi connectivity index (χ0) is 15.6. The molecule has 0 saturated carbocycles. The maximum Gasteiger partial charge on any atom is 0.335 e. The van der Waals surface area contributed by atoms with Gasteiger partial charge in [0.2, 0.25) is 0 Å². The molecule has 0 amide bonds. The van der Waals surface area contributed by atoms with Crippen LogP contribution in [0.1, 0.15) is 5.56 Å². The largest absolute Gasteiger partial charge is 0.481 e. The molecule has 108 valence electrons. The summed E-state index contributed by atoms with van der Waals surface area (Å²) in [6.07, 6.45) is 3.22. The number of hydrogen-bond acceptors (Lipinski definition) is 3. The Morgan fingerprint density at radius 1 is 1.00 bits per heavy atom. The van der Waals surface area contributed by atoms with Crippen LogP contribution >= 0.6 is 0 Å². The van der Waals surface area contributed by atoms with E-state index in [2.05, 4.69) is 0 Å². The van der Waals surface area contributed by atoms with Gasteiger partial charge in [-0.2, -0.15) is 0 Å². The lowest BCUT2D eigenvalue weighted by Crippen LogP contribution is -2.45. The Morgan fingerprint density at radius 2 is 1.62 bits per heavy atom. The molecule has 2 atom stereocenters. The van der Waals surface area contributed by atoms with Gasteiger partial charge in [0.25, 0.3) is 0 Å². The SMILES string of the molecule is O=C(O)C1=CC(C(=O)O)C(C(=O)O)(c2ccccc2)C=C1. The van der Waals surface area contributed by atoms with Crippen LogP contribution in [-0.2, 0) is 19.8 Å². The van der Waals surface area contributed by atoms with Gasteiger partial charge in [0.1, 0.15) is 5.41 Å². The van der Waals surface area contributed by atoms with Crippen molar-refractivity contribution < 1.29 is 29.7 Å². The summed E-state index contributed by atoms with van der Waals surface area (Å²) in [4.78, 5) is 34.2.